The molecule has 0 bridgehead atoms. The maximum atomic E-state index is 11.8. The van der Waals surface area contributed by atoms with E-state index >= 15 is 0 Å². The summed E-state index contributed by atoms with van der Waals surface area (Å²) in [5.41, 5.74) is 1.92. The molecule has 1 heterocycles. The van der Waals surface area contributed by atoms with Gasteiger partial charge in [0.15, 0.2) is 5.43 Å². The summed E-state index contributed by atoms with van der Waals surface area (Å²) in [6, 6.07) is 14.4. The van der Waals surface area contributed by atoms with E-state index in [0.717, 1.165) is 5.56 Å². The number of H-pyrrole nitrogens is 1. The lowest BCUT2D eigenvalue weighted by molar-refractivity contribution is 0.308. The van der Waals surface area contributed by atoms with Crippen molar-refractivity contribution >= 4 is 16.6 Å². The molecule has 0 aliphatic heterocycles. The summed E-state index contributed by atoms with van der Waals surface area (Å²) >= 11 is 0. The smallest absolute Gasteiger partial charge is 0.229 e. The molecule has 0 amide bonds. The van der Waals surface area contributed by atoms with Crippen LogP contribution in [-0.4, -0.2) is 4.98 Å². The molecule has 4 nitrogen and oxygen atoms in total. The topological polar surface area (TPSA) is 46.5 Å². The zero-order chi connectivity index (χ0) is 14.7. The quantitative estimate of drug-likeness (QED) is 0.742. The van der Waals surface area contributed by atoms with Gasteiger partial charge in [-0.25, -0.2) is 4.85 Å². The van der Waals surface area contributed by atoms with Gasteiger partial charge in [-0.1, -0.05) is 30.3 Å². The molecular weight excluding hydrogens is 264 g/mol. The second kappa shape index (κ2) is 5.51. The molecule has 0 saturated carbocycles. The number of aromatic nitrogens is 1. The average molecular weight is 276 g/mol. The third kappa shape index (κ3) is 2.63. The lowest BCUT2D eigenvalue weighted by Crippen LogP contribution is -2.01. The van der Waals surface area contributed by atoms with Crippen molar-refractivity contribution in [3.63, 3.8) is 0 Å². The van der Waals surface area contributed by atoms with Crippen LogP contribution in [0.25, 0.3) is 15.7 Å². The summed E-state index contributed by atoms with van der Waals surface area (Å²) < 4.78 is 5.73. The maximum absolute atomic E-state index is 11.8. The summed E-state index contributed by atoms with van der Waals surface area (Å²) in [7, 11) is 0. The number of fused-ring (bicyclic) bond motifs is 1. The molecule has 0 spiro atoms. The number of hydrogen-bond donors (Lipinski definition) is 1. The number of nitrogens with zero attached hydrogens (tertiary/aromatic N) is 1. The van der Waals surface area contributed by atoms with Crippen LogP contribution >= 0.6 is 0 Å². The first-order valence-corrected chi connectivity index (χ1v) is 6.47. The Kier molecular flexibility index (Phi) is 3.40. The third-order valence-corrected chi connectivity index (χ3v) is 3.20. The van der Waals surface area contributed by atoms with Gasteiger partial charge in [-0.3, -0.25) is 4.79 Å². The van der Waals surface area contributed by atoms with Gasteiger partial charge in [0.05, 0.1) is 12.1 Å². The van der Waals surface area contributed by atoms with Crippen LogP contribution in [0.1, 0.15) is 5.56 Å². The predicted molar refractivity (Wildman–Crippen MR) is 81.6 cm³/mol. The number of nitrogens with one attached hydrogen (secondary N) is 1. The lowest BCUT2D eigenvalue weighted by Gasteiger charge is -2.09. The Morgan fingerprint density at radius 1 is 1.14 bits per heavy atom. The molecule has 3 aromatic rings. The standard InChI is InChI=1S/C17H12N2O2/c1-18-15-9-13-14(19-8-7-16(13)20)10-17(15)21-11-12-5-3-2-4-6-12/h2-10H,11H2,(H,19,20). The Morgan fingerprint density at radius 2 is 1.95 bits per heavy atom. The Labute approximate surface area is 121 Å². The van der Waals surface area contributed by atoms with Crippen LogP contribution in [0.3, 0.4) is 0 Å². The summed E-state index contributed by atoms with van der Waals surface area (Å²) in [4.78, 5) is 18.2. The summed E-state index contributed by atoms with van der Waals surface area (Å²) in [5.74, 6) is 0.475. The second-order valence-electron chi connectivity index (χ2n) is 4.59. The molecule has 21 heavy (non-hydrogen) atoms. The number of rotatable bonds is 3. The second-order valence-corrected chi connectivity index (χ2v) is 4.59. The van der Waals surface area contributed by atoms with Crippen LogP contribution in [0.2, 0.25) is 0 Å². The van der Waals surface area contributed by atoms with Crippen LogP contribution in [0.5, 0.6) is 5.75 Å². The van der Waals surface area contributed by atoms with Crippen molar-refractivity contribution in [2.75, 3.05) is 0 Å². The van der Waals surface area contributed by atoms with Gasteiger partial charge in [0.1, 0.15) is 12.4 Å². The highest BCUT2D eigenvalue weighted by Gasteiger charge is 2.08. The molecule has 0 fully saturated rings. The number of hydrogen-bond acceptors (Lipinski definition) is 2. The largest absolute Gasteiger partial charge is 0.500 e. The van der Waals surface area contributed by atoms with Crippen LogP contribution in [-0.2, 0) is 6.61 Å². The Bertz CT molecular complexity index is 877. The minimum absolute atomic E-state index is 0.108. The minimum Gasteiger partial charge on any atom is -0.500 e. The van der Waals surface area contributed by atoms with Crippen molar-refractivity contribution < 1.29 is 4.74 Å². The Hall–Kier alpha value is -3.06. The molecule has 0 aliphatic rings. The van der Waals surface area contributed by atoms with Crippen LogP contribution in [0.4, 0.5) is 5.69 Å². The number of ether oxygens (including phenoxy) is 1. The predicted octanol–water partition coefficient (Wildman–Crippen LogP) is 3.66. The summed E-state index contributed by atoms with van der Waals surface area (Å²) in [5, 5.41) is 0.496. The molecule has 2 aromatic carbocycles. The first-order chi connectivity index (χ1) is 10.3. The highest BCUT2D eigenvalue weighted by atomic mass is 16.5. The molecule has 4 heteroatoms. The van der Waals surface area contributed by atoms with Crippen molar-refractivity contribution in [2.45, 2.75) is 6.61 Å². The molecule has 0 aliphatic carbocycles. The normalized spacial score (nSPS) is 10.2. The molecule has 0 radical (unpaired) electrons. The van der Waals surface area contributed by atoms with Gasteiger partial charge in [0.25, 0.3) is 0 Å². The molecule has 0 saturated heterocycles. The Morgan fingerprint density at radius 3 is 2.71 bits per heavy atom. The summed E-state index contributed by atoms with van der Waals surface area (Å²) in [6.45, 7) is 7.63. The van der Waals surface area contributed by atoms with Gasteiger partial charge in [-0.15, -0.1) is 0 Å². The highest BCUT2D eigenvalue weighted by molar-refractivity contribution is 5.85. The van der Waals surface area contributed by atoms with E-state index in [-0.39, 0.29) is 5.43 Å². The van der Waals surface area contributed by atoms with Gasteiger partial charge in [-0.2, -0.15) is 0 Å². The molecule has 102 valence electrons. The van der Waals surface area contributed by atoms with E-state index in [9.17, 15) is 4.79 Å². The molecule has 3 rings (SSSR count). The molecular formula is C17H12N2O2. The number of pyridine rings is 1. The molecule has 0 unspecified atom stereocenters. The number of benzene rings is 2. The van der Waals surface area contributed by atoms with E-state index in [1.165, 1.54) is 6.07 Å². The van der Waals surface area contributed by atoms with Crippen molar-refractivity contribution in [2.24, 2.45) is 0 Å². The highest BCUT2D eigenvalue weighted by Crippen LogP contribution is 2.31. The van der Waals surface area contributed by atoms with Gasteiger partial charge < -0.3 is 9.72 Å². The molecule has 1 aromatic heterocycles. The van der Waals surface area contributed by atoms with Crippen molar-refractivity contribution in [1.82, 2.24) is 4.98 Å². The van der Waals surface area contributed by atoms with Gasteiger partial charge >= 0.3 is 0 Å². The van der Waals surface area contributed by atoms with Gasteiger partial charge in [0, 0.05) is 17.6 Å². The van der Waals surface area contributed by atoms with E-state index in [0.29, 0.717) is 28.9 Å². The first kappa shape index (κ1) is 12.9. The monoisotopic (exact) mass is 276 g/mol. The van der Waals surface area contributed by atoms with E-state index in [1.54, 1.807) is 18.3 Å². The molecule has 0 atom stereocenters. The molecule has 1 N–H and O–H groups in total. The van der Waals surface area contributed by atoms with E-state index < -0.39 is 0 Å². The van der Waals surface area contributed by atoms with Crippen LogP contribution in [0.15, 0.2) is 59.5 Å². The van der Waals surface area contributed by atoms with E-state index in [2.05, 4.69) is 9.83 Å². The van der Waals surface area contributed by atoms with Gasteiger partial charge in [-0.05, 0) is 17.7 Å². The Balaban J connectivity index is 1.98. The fourth-order valence-corrected chi connectivity index (χ4v) is 2.13. The van der Waals surface area contributed by atoms with Crippen molar-refractivity contribution in [3.05, 3.63) is 81.9 Å². The van der Waals surface area contributed by atoms with Crippen molar-refractivity contribution in [3.8, 4) is 5.75 Å². The zero-order valence-electron chi connectivity index (χ0n) is 11.2. The fourth-order valence-electron chi connectivity index (χ4n) is 2.13. The van der Waals surface area contributed by atoms with Crippen LogP contribution in [0, 0.1) is 6.57 Å². The van der Waals surface area contributed by atoms with Crippen LogP contribution < -0.4 is 10.2 Å². The van der Waals surface area contributed by atoms with Gasteiger partial charge in [0.2, 0.25) is 5.69 Å². The minimum atomic E-state index is -0.108. The van der Waals surface area contributed by atoms with E-state index in [1.807, 2.05) is 30.3 Å². The first-order valence-electron chi connectivity index (χ1n) is 6.47. The number of aromatic amines is 1. The van der Waals surface area contributed by atoms with E-state index in [4.69, 9.17) is 11.3 Å². The van der Waals surface area contributed by atoms with Crippen molar-refractivity contribution in [1.29, 1.82) is 0 Å². The lowest BCUT2D eigenvalue weighted by atomic mass is 10.2. The maximum Gasteiger partial charge on any atom is 0.229 e. The fraction of sp³-hybridized carbons (Fsp3) is 0.0588. The SMILES string of the molecule is [C-]#[N+]c1cc2c(=O)cc[nH]c2cc1OCc1ccccc1. The average Bonchev–Trinajstić information content (AvgIpc) is 2.53. The summed E-state index contributed by atoms with van der Waals surface area (Å²) in [6.07, 6.45) is 1.59. The zero-order valence-corrected chi connectivity index (χ0v) is 11.2. The third-order valence-electron chi connectivity index (χ3n) is 3.20.